The Labute approximate surface area is 116 Å². The van der Waals surface area contributed by atoms with Gasteiger partial charge in [-0.15, -0.1) is 0 Å². The second-order valence-corrected chi connectivity index (χ2v) is 4.19. The lowest BCUT2D eigenvalue weighted by atomic mass is 10.3. The highest BCUT2D eigenvalue weighted by atomic mass is 79.9. The minimum Gasteiger partial charge on any atom is -0.493 e. The minimum atomic E-state index is -0.512. The molecular formula is C11H8BrN3O4. The van der Waals surface area contributed by atoms with E-state index in [1.165, 1.54) is 37.7 Å². The summed E-state index contributed by atoms with van der Waals surface area (Å²) in [6.45, 7) is 0. The molecule has 8 heteroatoms. The van der Waals surface area contributed by atoms with Crippen molar-refractivity contribution in [3.63, 3.8) is 0 Å². The number of non-ortho nitro benzene ring substituents is 1. The smallest absolute Gasteiger partial charge is 0.273 e. The molecule has 19 heavy (non-hydrogen) atoms. The second kappa shape index (κ2) is 5.61. The summed E-state index contributed by atoms with van der Waals surface area (Å²) in [5.41, 5.74) is -0.0936. The molecule has 1 aromatic heterocycles. The standard InChI is InChI=1S/C11H8BrN3O4/c1-18-8-3-2-7(15(16)17)4-9(8)19-11-5-10(12)13-6-14-11/h2-6H,1H3. The molecule has 0 spiro atoms. The highest BCUT2D eigenvalue weighted by Gasteiger charge is 2.13. The van der Waals surface area contributed by atoms with Crippen LogP contribution in [0, 0.1) is 10.1 Å². The predicted octanol–water partition coefficient (Wildman–Crippen LogP) is 2.95. The zero-order valence-corrected chi connectivity index (χ0v) is 11.3. The third kappa shape index (κ3) is 3.16. The molecule has 0 saturated carbocycles. The number of aromatic nitrogens is 2. The topological polar surface area (TPSA) is 87.4 Å². The number of halogens is 1. The van der Waals surface area contributed by atoms with Gasteiger partial charge in [0.15, 0.2) is 11.5 Å². The van der Waals surface area contributed by atoms with E-state index < -0.39 is 4.92 Å². The first-order valence-corrected chi connectivity index (χ1v) is 5.87. The van der Waals surface area contributed by atoms with Crippen LogP contribution < -0.4 is 9.47 Å². The van der Waals surface area contributed by atoms with E-state index in [1.807, 2.05) is 0 Å². The number of nitrogens with zero attached hydrogens (tertiary/aromatic N) is 3. The summed E-state index contributed by atoms with van der Waals surface area (Å²) in [6, 6.07) is 5.61. The molecule has 1 aromatic carbocycles. The van der Waals surface area contributed by atoms with Crippen LogP contribution in [0.1, 0.15) is 0 Å². The van der Waals surface area contributed by atoms with Crippen LogP contribution in [-0.2, 0) is 0 Å². The monoisotopic (exact) mass is 325 g/mol. The fourth-order valence-corrected chi connectivity index (χ4v) is 1.63. The number of nitro benzene ring substituents is 1. The Hall–Kier alpha value is -2.22. The van der Waals surface area contributed by atoms with Crippen molar-refractivity contribution in [2.75, 3.05) is 7.11 Å². The van der Waals surface area contributed by atoms with Crippen molar-refractivity contribution < 1.29 is 14.4 Å². The van der Waals surface area contributed by atoms with Gasteiger partial charge >= 0.3 is 0 Å². The van der Waals surface area contributed by atoms with Gasteiger partial charge in [-0.1, -0.05) is 0 Å². The van der Waals surface area contributed by atoms with E-state index in [0.717, 1.165) is 0 Å². The molecule has 7 nitrogen and oxygen atoms in total. The lowest BCUT2D eigenvalue weighted by molar-refractivity contribution is -0.384. The molecular weight excluding hydrogens is 318 g/mol. The number of ether oxygens (including phenoxy) is 2. The maximum Gasteiger partial charge on any atom is 0.273 e. The minimum absolute atomic E-state index is 0.0936. The number of nitro groups is 1. The molecule has 0 unspecified atom stereocenters. The largest absolute Gasteiger partial charge is 0.493 e. The normalized spacial score (nSPS) is 10.0. The molecule has 98 valence electrons. The van der Waals surface area contributed by atoms with Gasteiger partial charge in [0.25, 0.3) is 5.69 Å². The number of hydrogen-bond acceptors (Lipinski definition) is 6. The Balaban J connectivity index is 2.37. The average molecular weight is 326 g/mol. The van der Waals surface area contributed by atoms with Crippen molar-refractivity contribution in [3.05, 3.63) is 45.3 Å². The summed E-state index contributed by atoms with van der Waals surface area (Å²) in [5, 5.41) is 10.7. The second-order valence-electron chi connectivity index (χ2n) is 3.37. The Bertz CT molecular complexity index is 621. The molecule has 0 aliphatic rings. The maximum absolute atomic E-state index is 10.7. The molecule has 1 heterocycles. The van der Waals surface area contributed by atoms with Crippen LogP contribution >= 0.6 is 15.9 Å². The molecule has 0 aliphatic heterocycles. The Morgan fingerprint density at radius 1 is 1.26 bits per heavy atom. The van der Waals surface area contributed by atoms with Crippen molar-refractivity contribution in [3.8, 4) is 17.4 Å². The molecule has 0 fully saturated rings. The first-order valence-electron chi connectivity index (χ1n) is 5.08. The molecule has 0 N–H and O–H groups in total. The lowest BCUT2D eigenvalue weighted by Gasteiger charge is -2.09. The number of benzene rings is 1. The van der Waals surface area contributed by atoms with Crippen LogP contribution in [-0.4, -0.2) is 22.0 Å². The van der Waals surface area contributed by atoms with Gasteiger partial charge in [-0.05, 0) is 22.0 Å². The van der Waals surface area contributed by atoms with Crippen LogP contribution in [0.25, 0.3) is 0 Å². The summed E-state index contributed by atoms with van der Waals surface area (Å²) < 4.78 is 11.1. The predicted molar refractivity (Wildman–Crippen MR) is 69.5 cm³/mol. The molecule has 0 radical (unpaired) electrons. The van der Waals surface area contributed by atoms with Gasteiger partial charge in [0.1, 0.15) is 10.9 Å². The molecule has 0 bridgehead atoms. The van der Waals surface area contributed by atoms with Crippen molar-refractivity contribution in [1.29, 1.82) is 0 Å². The molecule has 0 saturated heterocycles. The van der Waals surface area contributed by atoms with Crippen LogP contribution in [0.5, 0.6) is 17.4 Å². The lowest BCUT2D eigenvalue weighted by Crippen LogP contribution is -1.95. The number of rotatable bonds is 4. The zero-order chi connectivity index (χ0) is 13.8. The van der Waals surface area contributed by atoms with E-state index in [2.05, 4.69) is 25.9 Å². The van der Waals surface area contributed by atoms with Crippen LogP contribution in [0.3, 0.4) is 0 Å². The first kappa shape index (κ1) is 13.2. The van der Waals surface area contributed by atoms with Gasteiger partial charge in [0.2, 0.25) is 5.88 Å². The molecule has 2 aromatic rings. The summed E-state index contributed by atoms with van der Waals surface area (Å²) in [5.74, 6) is 0.836. The van der Waals surface area contributed by atoms with Crippen molar-refractivity contribution >= 4 is 21.6 Å². The van der Waals surface area contributed by atoms with E-state index >= 15 is 0 Å². The third-order valence-corrected chi connectivity index (χ3v) is 2.61. The van der Waals surface area contributed by atoms with Gasteiger partial charge in [0, 0.05) is 12.1 Å². The first-order chi connectivity index (χ1) is 9.10. The van der Waals surface area contributed by atoms with Crippen LogP contribution in [0.2, 0.25) is 0 Å². The highest BCUT2D eigenvalue weighted by molar-refractivity contribution is 9.10. The van der Waals surface area contributed by atoms with E-state index in [1.54, 1.807) is 0 Å². The molecule has 0 aliphatic carbocycles. The average Bonchev–Trinajstić information content (AvgIpc) is 2.38. The van der Waals surface area contributed by atoms with Crippen molar-refractivity contribution in [2.24, 2.45) is 0 Å². The van der Waals surface area contributed by atoms with Gasteiger partial charge in [0.05, 0.1) is 18.1 Å². The molecule has 0 atom stereocenters. The SMILES string of the molecule is COc1ccc([N+](=O)[O-])cc1Oc1cc(Br)ncn1. The number of hydrogen-bond donors (Lipinski definition) is 0. The fourth-order valence-electron chi connectivity index (χ4n) is 1.34. The van der Waals surface area contributed by atoms with E-state index in [0.29, 0.717) is 10.4 Å². The Morgan fingerprint density at radius 3 is 2.68 bits per heavy atom. The van der Waals surface area contributed by atoms with E-state index in [9.17, 15) is 10.1 Å². The summed E-state index contributed by atoms with van der Waals surface area (Å²) in [7, 11) is 1.45. The molecule has 2 rings (SSSR count). The summed E-state index contributed by atoms with van der Waals surface area (Å²) in [6.07, 6.45) is 1.31. The fraction of sp³-hybridized carbons (Fsp3) is 0.0909. The van der Waals surface area contributed by atoms with Crippen molar-refractivity contribution in [2.45, 2.75) is 0 Å². The Morgan fingerprint density at radius 2 is 2.05 bits per heavy atom. The van der Waals surface area contributed by atoms with Crippen molar-refractivity contribution in [1.82, 2.24) is 9.97 Å². The zero-order valence-electron chi connectivity index (χ0n) is 9.74. The van der Waals surface area contributed by atoms with E-state index in [-0.39, 0.29) is 17.3 Å². The quantitative estimate of drug-likeness (QED) is 0.488. The number of methoxy groups -OCH3 is 1. The Kier molecular flexibility index (Phi) is 3.91. The maximum atomic E-state index is 10.7. The van der Waals surface area contributed by atoms with Gasteiger partial charge in [-0.2, -0.15) is 0 Å². The highest BCUT2D eigenvalue weighted by Crippen LogP contribution is 2.34. The third-order valence-electron chi connectivity index (χ3n) is 2.18. The summed E-state index contributed by atoms with van der Waals surface area (Å²) in [4.78, 5) is 18.0. The van der Waals surface area contributed by atoms with Gasteiger partial charge in [-0.3, -0.25) is 10.1 Å². The van der Waals surface area contributed by atoms with Crippen LogP contribution in [0.4, 0.5) is 5.69 Å². The summed E-state index contributed by atoms with van der Waals surface area (Å²) >= 11 is 3.18. The molecule has 0 amide bonds. The van der Waals surface area contributed by atoms with E-state index in [4.69, 9.17) is 9.47 Å². The van der Waals surface area contributed by atoms with Crippen LogP contribution in [0.15, 0.2) is 35.2 Å². The van der Waals surface area contributed by atoms with Gasteiger partial charge in [-0.25, -0.2) is 9.97 Å². The van der Waals surface area contributed by atoms with Gasteiger partial charge < -0.3 is 9.47 Å².